The van der Waals surface area contributed by atoms with Crippen molar-refractivity contribution in [3.05, 3.63) is 29.0 Å². The summed E-state index contributed by atoms with van der Waals surface area (Å²) in [6.07, 6.45) is 1.33. The SMILES string of the molecule is O=C1CN(C(=O)c2ccc(Cl)cn2)CC(=O)N1. The van der Waals surface area contributed by atoms with Crippen LogP contribution in [0, 0.1) is 0 Å². The molecule has 0 aromatic carbocycles. The van der Waals surface area contributed by atoms with Crippen molar-refractivity contribution in [1.82, 2.24) is 15.2 Å². The Morgan fingerprint density at radius 2 is 1.94 bits per heavy atom. The van der Waals surface area contributed by atoms with Gasteiger partial charge in [0, 0.05) is 6.20 Å². The van der Waals surface area contributed by atoms with E-state index in [1.807, 2.05) is 0 Å². The van der Waals surface area contributed by atoms with E-state index in [2.05, 4.69) is 10.3 Å². The highest BCUT2D eigenvalue weighted by atomic mass is 35.5. The summed E-state index contributed by atoms with van der Waals surface area (Å²) in [5.74, 6) is -1.46. The molecule has 2 rings (SSSR count). The van der Waals surface area contributed by atoms with E-state index < -0.39 is 17.7 Å². The molecule has 2 heterocycles. The van der Waals surface area contributed by atoms with Crippen molar-refractivity contribution in [2.24, 2.45) is 0 Å². The first-order valence-electron chi connectivity index (χ1n) is 4.80. The number of imide groups is 1. The van der Waals surface area contributed by atoms with Crippen molar-refractivity contribution in [3.8, 4) is 0 Å². The van der Waals surface area contributed by atoms with Crippen LogP contribution in [-0.4, -0.2) is 40.7 Å². The van der Waals surface area contributed by atoms with Crippen molar-refractivity contribution in [2.45, 2.75) is 0 Å². The number of amides is 3. The van der Waals surface area contributed by atoms with Gasteiger partial charge in [-0.1, -0.05) is 11.6 Å². The van der Waals surface area contributed by atoms with Crippen molar-refractivity contribution >= 4 is 29.3 Å². The van der Waals surface area contributed by atoms with E-state index in [1.165, 1.54) is 18.3 Å². The Morgan fingerprint density at radius 3 is 2.47 bits per heavy atom. The summed E-state index contributed by atoms with van der Waals surface area (Å²) in [7, 11) is 0. The Kier molecular flexibility index (Phi) is 3.06. The number of carbonyl (C=O) groups excluding carboxylic acids is 3. The fourth-order valence-electron chi connectivity index (χ4n) is 1.45. The summed E-state index contributed by atoms with van der Waals surface area (Å²) in [5, 5.41) is 2.52. The molecule has 1 aromatic rings. The van der Waals surface area contributed by atoms with E-state index in [0.29, 0.717) is 5.02 Å². The second kappa shape index (κ2) is 4.50. The van der Waals surface area contributed by atoms with Crippen LogP contribution < -0.4 is 5.32 Å². The van der Waals surface area contributed by atoms with Gasteiger partial charge in [0.25, 0.3) is 5.91 Å². The van der Waals surface area contributed by atoms with Crippen LogP contribution in [0.3, 0.4) is 0 Å². The molecule has 0 spiro atoms. The minimum absolute atomic E-state index is 0.144. The first kappa shape index (κ1) is 11.5. The Hall–Kier alpha value is -1.95. The summed E-state index contributed by atoms with van der Waals surface area (Å²) in [4.78, 5) is 39.1. The van der Waals surface area contributed by atoms with E-state index >= 15 is 0 Å². The fraction of sp³-hybridized carbons (Fsp3) is 0.200. The second-order valence-electron chi connectivity index (χ2n) is 3.49. The maximum absolute atomic E-state index is 11.9. The number of nitrogens with one attached hydrogen (secondary N) is 1. The molecule has 1 aromatic heterocycles. The molecule has 0 atom stereocenters. The van der Waals surface area contributed by atoms with Gasteiger partial charge in [0.05, 0.1) is 5.02 Å². The lowest BCUT2D eigenvalue weighted by Crippen LogP contribution is -2.53. The van der Waals surface area contributed by atoms with Crippen molar-refractivity contribution in [2.75, 3.05) is 13.1 Å². The zero-order valence-corrected chi connectivity index (χ0v) is 9.40. The Morgan fingerprint density at radius 1 is 1.29 bits per heavy atom. The van der Waals surface area contributed by atoms with Gasteiger partial charge < -0.3 is 4.90 Å². The number of hydrogen-bond acceptors (Lipinski definition) is 4. The van der Waals surface area contributed by atoms with Gasteiger partial charge in [0.15, 0.2) is 0 Å². The van der Waals surface area contributed by atoms with Crippen LogP contribution in [0.1, 0.15) is 10.5 Å². The first-order chi connectivity index (χ1) is 8.06. The quantitative estimate of drug-likeness (QED) is 0.705. The molecular weight excluding hydrogens is 246 g/mol. The first-order valence-corrected chi connectivity index (χ1v) is 5.17. The second-order valence-corrected chi connectivity index (χ2v) is 3.93. The minimum atomic E-state index is -0.497. The predicted octanol–water partition coefficient (Wildman–Crippen LogP) is -0.166. The molecule has 0 bridgehead atoms. The number of piperazine rings is 1. The molecule has 1 aliphatic heterocycles. The van der Waals surface area contributed by atoms with Crippen LogP contribution in [0.15, 0.2) is 18.3 Å². The fourth-order valence-corrected chi connectivity index (χ4v) is 1.56. The largest absolute Gasteiger partial charge is 0.319 e. The van der Waals surface area contributed by atoms with E-state index in [-0.39, 0.29) is 18.8 Å². The summed E-state index contributed by atoms with van der Waals surface area (Å²) in [6, 6.07) is 2.97. The summed E-state index contributed by atoms with van der Waals surface area (Å²) in [6.45, 7) is -0.288. The van der Waals surface area contributed by atoms with Crippen LogP contribution in [0.2, 0.25) is 5.02 Å². The van der Waals surface area contributed by atoms with Crippen molar-refractivity contribution < 1.29 is 14.4 Å². The predicted molar refractivity (Wildman–Crippen MR) is 58.3 cm³/mol. The third kappa shape index (κ3) is 2.59. The van der Waals surface area contributed by atoms with Gasteiger partial charge in [0.1, 0.15) is 18.8 Å². The lowest BCUT2D eigenvalue weighted by Gasteiger charge is -2.24. The normalized spacial score (nSPS) is 15.7. The van der Waals surface area contributed by atoms with E-state index in [9.17, 15) is 14.4 Å². The van der Waals surface area contributed by atoms with Crippen molar-refractivity contribution in [1.29, 1.82) is 0 Å². The number of nitrogens with zero attached hydrogens (tertiary/aromatic N) is 2. The van der Waals surface area contributed by atoms with Gasteiger partial charge in [-0.25, -0.2) is 4.98 Å². The van der Waals surface area contributed by atoms with Gasteiger partial charge in [-0.15, -0.1) is 0 Å². The molecule has 7 heteroatoms. The number of halogens is 1. The number of rotatable bonds is 1. The highest BCUT2D eigenvalue weighted by Gasteiger charge is 2.27. The van der Waals surface area contributed by atoms with E-state index in [1.54, 1.807) is 0 Å². The summed E-state index contributed by atoms with van der Waals surface area (Å²) < 4.78 is 0. The molecule has 88 valence electrons. The third-order valence-corrected chi connectivity index (χ3v) is 2.41. The molecule has 3 amide bonds. The van der Waals surface area contributed by atoms with Gasteiger partial charge in [-0.3, -0.25) is 19.7 Å². The average molecular weight is 254 g/mol. The maximum atomic E-state index is 11.9. The molecule has 1 N–H and O–H groups in total. The van der Waals surface area contributed by atoms with Crippen LogP contribution in [0.4, 0.5) is 0 Å². The molecule has 6 nitrogen and oxygen atoms in total. The van der Waals surface area contributed by atoms with Gasteiger partial charge in [-0.2, -0.15) is 0 Å². The molecule has 0 radical (unpaired) electrons. The highest BCUT2D eigenvalue weighted by molar-refractivity contribution is 6.30. The lowest BCUT2D eigenvalue weighted by atomic mass is 10.2. The molecule has 1 aliphatic rings. The maximum Gasteiger partial charge on any atom is 0.273 e. The minimum Gasteiger partial charge on any atom is -0.319 e. The molecule has 0 saturated carbocycles. The van der Waals surface area contributed by atoms with Crippen molar-refractivity contribution in [3.63, 3.8) is 0 Å². The lowest BCUT2D eigenvalue weighted by molar-refractivity contribution is -0.135. The average Bonchev–Trinajstić information content (AvgIpc) is 2.28. The zero-order chi connectivity index (χ0) is 12.4. The Labute approximate surface area is 102 Å². The van der Waals surface area contributed by atoms with E-state index in [4.69, 9.17) is 11.6 Å². The molecule has 1 fully saturated rings. The Balaban J connectivity index is 2.17. The number of aromatic nitrogens is 1. The topological polar surface area (TPSA) is 79.4 Å². The summed E-state index contributed by atoms with van der Waals surface area (Å²) >= 11 is 5.64. The van der Waals surface area contributed by atoms with E-state index in [0.717, 1.165) is 4.90 Å². The molecule has 1 saturated heterocycles. The Bertz CT molecular complexity index is 470. The van der Waals surface area contributed by atoms with Crippen LogP contribution in [0.5, 0.6) is 0 Å². The standard InChI is InChI=1S/C10H8ClN3O3/c11-6-1-2-7(12-3-6)10(17)14-4-8(15)13-9(16)5-14/h1-3H,4-5H2,(H,13,15,16). The summed E-state index contributed by atoms with van der Waals surface area (Å²) in [5.41, 5.74) is 0.150. The third-order valence-electron chi connectivity index (χ3n) is 2.18. The van der Waals surface area contributed by atoms with Gasteiger partial charge in [0.2, 0.25) is 11.8 Å². The molecule has 0 aliphatic carbocycles. The zero-order valence-electron chi connectivity index (χ0n) is 8.64. The molecule has 17 heavy (non-hydrogen) atoms. The van der Waals surface area contributed by atoms with Crippen LogP contribution >= 0.6 is 11.6 Å². The monoisotopic (exact) mass is 253 g/mol. The highest BCUT2D eigenvalue weighted by Crippen LogP contribution is 2.09. The smallest absolute Gasteiger partial charge is 0.273 e. The van der Waals surface area contributed by atoms with Gasteiger partial charge >= 0.3 is 0 Å². The van der Waals surface area contributed by atoms with Crippen LogP contribution in [-0.2, 0) is 9.59 Å². The number of carbonyl (C=O) groups is 3. The van der Waals surface area contributed by atoms with Crippen LogP contribution in [0.25, 0.3) is 0 Å². The number of hydrogen-bond donors (Lipinski definition) is 1. The molecule has 0 unspecified atom stereocenters. The van der Waals surface area contributed by atoms with Gasteiger partial charge in [-0.05, 0) is 12.1 Å². The number of pyridine rings is 1. The molecular formula is C10H8ClN3O3.